The Morgan fingerprint density at radius 3 is 2.61 bits per heavy atom. The summed E-state index contributed by atoms with van der Waals surface area (Å²) >= 11 is 0. The van der Waals surface area contributed by atoms with Gasteiger partial charge in [0.2, 0.25) is 5.91 Å². The number of unbranched alkanes of at least 4 members (excludes halogenated alkanes) is 3. The first-order valence-corrected chi connectivity index (χ1v) is 6.14. The van der Waals surface area contributed by atoms with Crippen molar-refractivity contribution in [1.29, 1.82) is 0 Å². The molecule has 18 heavy (non-hydrogen) atoms. The van der Waals surface area contributed by atoms with Gasteiger partial charge in [-0.2, -0.15) is 0 Å². The number of primary amides is 1. The molecule has 5 heteroatoms. The molecule has 0 radical (unpaired) electrons. The van der Waals surface area contributed by atoms with Gasteiger partial charge in [0.15, 0.2) is 0 Å². The van der Waals surface area contributed by atoms with E-state index < -0.39 is 10.8 Å². The average molecular weight is 250 g/mol. The Kier molecular flexibility index (Phi) is 5.30. The summed E-state index contributed by atoms with van der Waals surface area (Å²) in [6.07, 6.45) is 4.54. The van der Waals surface area contributed by atoms with Crippen molar-refractivity contribution in [2.45, 2.75) is 39.0 Å². The topological polar surface area (TPSA) is 86.2 Å². The Morgan fingerprint density at radius 1 is 1.33 bits per heavy atom. The molecule has 1 aromatic rings. The fourth-order valence-corrected chi connectivity index (χ4v) is 1.97. The Labute approximate surface area is 106 Å². The molecule has 0 aliphatic rings. The minimum atomic E-state index is -0.607. The minimum Gasteiger partial charge on any atom is -0.366 e. The lowest BCUT2D eigenvalue weighted by molar-refractivity contribution is -0.385. The summed E-state index contributed by atoms with van der Waals surface area (Å²) in [5.41, 5.74) is 5.97. The van der Waals surface area contributed by atoms with Crippen molar-refractivity contribution in [1.82, 2.24) is 0 Å². The third-order valence-electron chi connectivity index (χ3n) is 2.89. The summed E-state index contributed by atoms with van der Waals surface area (Å²) in [6, 6.07) is 4.46. The molecular weight excluding hydrogens is 232 g/mol. The molecule has 0 aliphatic heterocycles. The largest absolute Gasteiger partial charge is 0.366 e. The summed E-state index contributed by atoms with van der Waals surface area (Å²) in [4.78, 5) is 21.8. The van der Waals surface area contributed by atoms with Crippen LogP contribution in [0.5, 0.6) is 0 Å². The molecule has 0 bridgehead atoms. The second-order valence-electron chi connectivity index (χ2n) is 4.24. The number of hydrogen-bond donors (Lipinski definition) is 1. The summed E-state index contributed by atoms with van der Waals surface area (Å²) < 4.78 is 0. The van der Waals surface area contributed by atoms with E-state index in [0.29, 0.717) is 12.0 Å². The third kappa shape index (κ3) is 3.55. The Morgan fingerprint density at radius 2 is 2.06 bits per heavy atom. The van der Waals surface area contributed by atoms with Crippen molar-refractivity contribution < 1.29 is 9.72 Å². The number of amides is 1. The Balaban J connectivity index is 2.96. The highest BCUT2D eigenvalue weighted by Crippen LogP contribution is 2.24. The number of nitrogens with zero attached hydrogens (tertiary/aromatic N) is 1. The number of hydrogen-bond acceptors (Lipinski definition) is 3. The molecule has 0 saturated heterocycles. The van der Waals surface area contributed by atoms with Crippen LogP contribution >= 0.6 is 0 Å². The predicted octanol–water partition coefficient (Wildman–Crippen LogP) is 2.82. The molecule has 0 fully saturated rings. The van der Waals surface area contributed by atoms with Gasteiger partial charge in [-0.25, -0.2) is 0 Å². The predicted molar refractivity (Wildman–Crippen MR) is 69.5 cm³/mol. The third-order valence-corrected chi connectivity index (χ3v) is 2.89. The van der Waals surface area contributed by atoms with Crippen LogP contribution in [0.1, 0.15) is 48.5 Å². The molecule has 1 rings (SSSR count). The zero-order valence-electron chi connectivity index (χ0n) is 10.5. The monoisotopic (exact) mass is 250 g/mol. The lowest BCUT2D eigenvalue weighted by Crippen LogP contribution is -2.15. The van der Waals surface area contributed by atoms with E-state index in [0.717, 1.165) is 25.7 Å². The van der Waals surface area contributed by atoms with Crippen LogP contribution in [-0.4, -0.2) is 10.8 Å². The van der Waals surface area contributed by atoms with Crippen LogP contribution in [0.3, 0.4) is 0 Å². The Bertz CT molecular complexity index is 412. The van der Waals surface area contributed by atoms with Gasteiger partial charge in [0.25, 0.3) is 5.69 Å². The van der Waals surface area contributed by atoms with Crippen molar-refractivity contribution in [2.24, 2.45) is 5.73 Å². The second kappa shape index (κ2) is 6.74. The average Bonchev–Trinajstić information content (AvgIpc) is 2.34. The molecule has 0 aromatic heterocycles. The van der Waals surface area contributed by atoms with E-state index in [-0.39, 0.29) is 11.3 Å². The fourth-order valence-electron chi connectivity index (χ4n) is 1.97. The standard InChI is InChI=1S/C13H18N2O3/c1-2-3-4-5-7-10-11(13(14)16)8-6-9-12(10)15(17)18/h6,8-9H,2-5,7H2,1H3,(H2,14,16). The number of nitrogens with two attached hydrogens (primary N) is 1. The van der Waals surface area contributed by atoms with Crippen molar-refractivity contribution >= 4 is 11.6 Å². The van der Waals surface area contributed by atoms with E-state index in [2.05, 4.69) is 6.92 Å². The highest BCUT2D eigenvalue weighted by Gasteiger charge is 2.19. The van der Waals surface area contributed by atoms with Gasteiger partial charge in [-0.05, 0) is 18.9 Å². The van der Waals surface area contributed by atoms with Crippen LogP contribution in [0.4, 0.5) is 5.69 Å². The fraction of sp³-hybridized carbons (Fsp3) is 0.462. The number of nitro benzene ring substituents is 1. The van der Waals surface area contributed by atoms with Crippen LogP contribution in [0.25, 0.3) is 0 Å². The molecule has 0 aliphatic carbocycles. The molecule has 0 atom stereocenters. The molecule has 5 nitrogen and oxygen atoms in total. The maximum absolute atomic E-state index is 11.3. The van der Waals surface area contributed by atoms with Crippen molar-refractivity contribution in [3.63, 3.8) is 0 Å². The minimum absolute atomic E-state index is 0.0113. The van der Waals surface area contributed by atoms with Gasteiger partial charge in [0.05, 0.1) is 4.92 Å². The smallest absolute Gasteiger partial charge is 0.273 e. The van der Waals surface area contributed by atoms with Crippen molar-refractivity contribution in [3.05, 3.63) is 39.4 Å². The van der Waals surface area contributed by atoms with E-state index >= 15 is 0 Å². The summed E-state index contributed by atoms with van der Waals surface area (Å²) in [6.45, 7) is 2.10. The van der Waals surface area contributed by atoms with E-state index in [1.165, 1.54) is 12.1 Å². The zero-order valence-corrected chi connectivity index (χ0v) is 10.5. The SMILES string of the molecule is CCCCCCc1c(C(N)=O)cccc1[N+](=O)[O-]. The molecule has 0 heterocycles. The van der Waals surface area contributed by atoms with Gasteiger partial charge in [0.1, 0.15) is 0 Å². The van der Waals surface area contributed by atoms with Crippen molar-refractivity contribution in [2.75, 3.05) is 0 Å². The highest BCUT2D eigenvalue weighted by atomic mass is 16.6. The maximum atomic E-state index is 11.3. The second-order valence-corrected chi connectivity index (χ2v) is 4.24. The van der Waals surface area contributed by atoms with E-state index in [4.69, 9.17) is 5.73 Å². The van der Waals surface area contributed by atoms with Crippen LogP contribution in [0.2, 0.25) is 0 Å². The normalized spacial score (nSPS) is 10.3. The summed E-state index contributed by atoms with van der Waals surface area (Å²) in [7, 11) is 0. The van der Waals surface area contributed by atoms with Crippen LogP contribution < -0.4 is 5.73 Å². The number of rotatable bonds is 7. The quantitative estimate of drug-likeness (QED) is 0.458. The van der Waals surface area contributed by atoms with E-state index in [1.54, 1.807) is 6.07 Å². The molecule has 0 spiro atoms. The molecule has 0 saturated carbocycles. The molecule has 1 amide bonds. The number of benzene rings is 1. The lowest BCUT2D eigenvalue weighted by atomic mass is 9.98. The molecule has 1 aromatic carbocycles. The zero-order chi connectivity index (χ0) is 13.5. The van der Waals surface area contributed by atoms with Crippen LogP contribution in [0.15, 0.2) is 18.2 Å². The first-order valence-electron chi connectivity index (χ1n) is 6.14. The van der Waals surface area contributed by atoms with Gasteiger partial charge in [-0.15, -0.1) is 0 Å². The first kappa shape index (κ1) is 14.2. The van der Waals surface area contributed by atoms with Gasteiger partial charge in [-0.1, -0.05) is 32.3 Å². The first-order chi connectivity index (χ1) is 8.57. The molecule has 2 N–H and O–H groups in total. The van der Waals surface area contributed by atoms with E-state index in [1.807, 2.05) is 0 Å². The van der Waals surface area contributed by atoms with Crippen molar-refractivity contribution in [3.8, 4) is 0 Å². The van der Waals surface area contributed by atoms with Gasteiger partial charge >= 0.3 is 0 Å². The Hall–Kier alpha value is -1.91. The summed E-state index contributed by atoms with van der Waals surface area (Å²) in [5, 5.41) is 10.9. The molecule has 0 unspecified atom stereocenters. The summed E-state index contributed by atoms with van der Waals surface area (Å²) in [5.74, 6) is -0.607. The van der Waals surface area contributed by atoms with Gasteiger partial charge in [0, 0.05) is 17.2 Å². The maximum Gasteiger partial charge on any atom is 0.273 e. The number of nitro groups is 1. The highest BCUT2D eigenvalue weighted by molar-refractivity contribution is 5.95. The van der Waals surface area contributed by atoms with Crippen LogP contribution in [-0.2, 0) is 6.42 Å². The number of carbonyl (C=O) groups excluding carboxylic acids is 1. The molecule has 98 valence electrons. The lowest BCUT2D eigenvalue weighted by Gasteiger charge is -2.07. The van der Waals surface area contributed by atoms with Gasteiger partial charge < -0.3 is 5.73 Å². The van der Waals surface area contributed by atoms with Crippen LogP contribution in [0, 0.1) is 10.1 Å². The number of carbonyl (C=O) groups is 1. The molecular formula is C13H18N2O3. The van der Waals surface area contributed by atoms with E-state index in [9.17, 15) is 14.9 Å². The van der Waals surface area contributed by atoms with Gasteiger partial charge in [-0.3, -0.25) is 14.9 Å².